The highest BCUT2D eigenvalue weighted by Crippen LogP contribution is 2.35. The molecular formula is C16H17ClN4O. The summed E-state index contributed by atoms with van der Waals surface area (Å²) in [6.07, 6.45) is 0. The van der Waals surface area contributed by atoms with E-state index in [-0.39, 0.29) is 11.5 Å². The Bertz CT molecular complexity index is 825. The fourth-order valence-corrected chi connectivity index (χ4v) is 3.08. The first kappa shape index (κ1) is 14.7. The van der Waals surface area contributed by atoms with Gasteiger partial charge in [0.15, 0.2) is 5.96 Å². The van der Waals surface area contributed by atoms with Gasteiger partial charge in [-0.05, 0) is 26.0 Å². The first-order chi connectivity index (χ1) is 10.5. The third-order valence-electron chi connectivity index (χ3n) is 3.87. The van der Waals surface area contributed by atoms with Crippen molar-refractivity contribution in [2.24, 2.45) is 10.7 Å². The molecule has 2 heterocycles. The van der Waals surface area contributed by atoms with Crippen molar-refractivity contribution in [2.75, 3.05) is 5.32 Å². The van der Waals surface area contributed by atoms with Gasteiger partial charge in [-0.2, -0.15) is 0 Å². The molecule has 22 heavy (non-hydrogen) atoms. The largest absolute Gasteiger partial charge is 0.370 e. The lowest BCUT2D eigenvalue weighted by Crippen LogP contribution is -2.35. The number of hydrogen-bond acceptors (Lipinski definition) is 4. The van der Waals surface area contributed by atoms with Gasteiger partial charge in [0.2, 0.25) is 0 Å². The minimum atomic E-state index is -0.490. The summed E-state index contributed by atoms with van der Waals surface area (Å²) in [5.74, 6) is 0.283. The van der Waals surface area contributed by atoms with Crippen LogP contribution in [0.2, 0.25) is 5.02 Å². The van der Waals surface area contributed by atoms with Gasteiger partial charge < -0.3 is 15.6 Å². The van der Waals surface area contributed by atoms with E-state index in [1.165, 1.54) is 0 Å². The quantitative estimate of drug-likeness (QED) is 0.894. The van der Waals surface area contributed by atoms with Gasteiger partial charge >= 0.3 is 0 Å². The van der Waals surface area contributed by atoms with Crippen molar-refractivity contribution in [3.8, 4) is 0 Å². The minimum absolute atomic E-state index is 0.0637. The summed E-state index contributed by atoms with van der Waals surface area (Å²) in [6, 6.07) is 8.81. The molecule has 5 nitrogen and oxygen atoms in total. The number of benzene rings is 1. The Hall–Kier alpha value is -2.27. The van der Waals surface area contributed by atoms with Crippen LogP contribution in [-0.2, 0) is 6.54 Å². The topological polar surface area (TPSA) is 72.4 Å². The number of aromatic nitrogens is 1. The zero-order chi connectivity index (χ0) is 15.9. The van der Waals surface area contributed by atoms with Crippen LogP contribution < -0.4 is 16.6 Å². The molecule has 1 unspecified atom stereocenters. The van der Waals surface area contributed by atoms with Gasteiger partial charge in [0.1, 0.15) is 6.04 Å². The number of pyridine rings is 1. The highest BCUT2D eigenvalue weighted by molar-refractivity contribution is 6.31. The molecule has 114 valence electrons. The summed E-state index contributed by atoms with van der Waals surface area (Å²) >= 11 is 6.29. The fourth-order valence-electron chi connectivity index (χ4n) is 2.84. The molecule has 6 heteroatoms. The molecule has 3 rings (SSSR count). The van der Waals surface area contributed by atoms with E-state index in [4.69, 9.17) is 17.3 Å². The lowest BCUT2D eigenvalue weighted by Gasteiger charge is -2.25. The molecule has 1 aliphatic heterocycles. The molecule has 0 spiro atoms. The van der Waals surface area contributed by atoms with E-state index in [0.29, 0.717) is 22.8 Å². The van der Waals surface area contributed by atoms with E-state index in [1.54, 1.807) is 10.6 Å². The number of rotatable bonds is 2. The van der Waals surface area contributed by atoms with Crippen molar-refractivity contribution in [3.05, 3.63) is 62.5 Å². The number of nitrogens with one attached hydrogen (secondary N) is 1. The Morgan fingerprint density at radius 3 is 2.82 bits per heavy atom. The summed E-state index contributed by atoms with van der Waals surface area (Å²) in [5.41, 5.74) is 8.76. The number of hydrogen-bond donors (Lipinski definition) is 2. The number of guanidine groups is 1. The SMILES string of the molecule is CCn1c(C)cc2c(c1=O)C(c1ccccc1Cl)N=C(N)N2. The maximum atomic E-state index is 12.8. The van der Waals surface area contributed by atoms with E-state index in [9.17, 15) is 4.79 Å². The third kappa shape index (κ3) is 2.27. The van der Waals surface area contributed by atoms with E-state index < -0.39 is 6.04 Å². The van der Waals surface area contributed by atoms with Crippen molar-refractivity contribution in [1.29, 1.82) is 0 Å². The number of halogens is 1. The summed E-state index contributed by atoms with van der Waals surface area (Å²) in [4.78, 5) is 17.2. The molecule has 3 N–H and O–H groups in total. The van der Waals surface area contributed by atoms with Gasteiger partial charge in [-0.1, -0.05) is 29.8 Å². The number of fused-ring (bicyclic) bond motifs is 1. The van der Waals surface area contributed by atoms with Gasteiger partial charge in [0.05, 0.1) is 11.3 Å². The molecule has 0 aliphatic carbocycles. The second kappa shape index (κ2) is 5.50. The number of nitrogens with zero attached hydrogens (tertiary/aromatic N) is 2. The zero-order valence-electron chi connectivity index (χ0n) is 12.4. The van der Waals surface area contributed by atoms with Crippen molar-refractivity contribution in [3.63, 3.8) is 0 Å². The molecule has 0 radical (unpaired) electrons. The van der Waals surface area contributed by atoms with E-state index >= 15 is 0 Å². The second-order valence-corrected chi connectivity index (χ2v) is 5.63. The number of aliphatic imine (C=N–C) groups is 1. The minimum Gasteiger partial charge on any atom is -0.370 e. The number of nitrogens with two attached hydrogens (primary N) is 1. The summed E-state index contributed by atoms with van der Waals surface area (Å²) in [7, 11) is 0. The predicted molar refractivity (Wildman–Crippen MR) is 89.7 cm³/mol. The van der Waals surface area contributed by atoms with Gasteiger partial charge in [0.25, 0.3) is 5.56 Å². The first-order valence-corrected chi connectivity index (χ1v) is 7.49. The Morgan fingerprint density at radius 2 is 2.14 bits per heavy atom. The lowest BCUT2D eigenvalue weighted by atomic mass is 9.97. The smallest absolute Gasteiger partial charge is 0.258 e. The van der Waals surface area contributed by atoms with Crippen LogP contribution in [0.1, 0.15) is 29.8 Å². The number of aryl methyl sites for hydroxylation is 1. The summed E-state index contributed by atoms with van der Waals surface area (Å²) in [5, 5.41) is 3.55. The van der Waals surface area contributed by atoms with Crippen LogP contribution >= 0.6 is 11.6 Å². The van der Waals surface area contributed by atoms with Crippen LogP contribution in [0, 0.1) is 6.92 Å². The van der Waals surface area contributed by atoms with Crippen molar-refractivity contribution in [1.82, 2.24) is 4.57 Å². The van der Waals surface area contributed by atoms with Crippen LogP contribution in [0.3, 0.4) is 0 Å². The summed E-state index contributed by atoms with van der Waals surface area (Å²) in [6.45, 7) is 4.45. The molecule has 0 amide bonds. The Balaban J connectivity index is 2.29. The van der Waals surface area contributed by atoms with E-state index in [1.807, 2.05) is 38.1 Å². The maximum absolute atomic E-state index is 12.8. The molecule has 2 aromatic rings. The first-order valence-electron chi connectivity index (χ1n) is 7.12. The Kier molecular flexibility index (Phi) is 3.66. The molecule has 0 saturated carbocycles. The average molecular weight is 317 g/mol. The summed E-state index contributed by atoms with van der Waals surface area (Å²) < 4.78 is 1.72. The standard InChI is InChI=1S/C16H17ClN4O/c1-3-21-9(2)8-12-13(15(21)22)14(20-16(18)19-12)10-6-4-5-7-11(10)17/h4-8,14H,3H2,1-2H3,(H3,18,19,20). The average Bonchev–Trinajstić information content (AvgIpc) is 2.47. The number of anilines is 1. The molecule has 1 aromatic heterocycles. The molecule has 0 fully saturated rings. The van der Waals surface area contributed by atoms with Crippen LogP contribution in [0.5, 0.6) is 0 Å². The molecule has 0 saturated heterocycles. The van der Waals surface area contributed by atoms with Crippen LogP contribution in [-0.4, -0.2) is 10.5 Å². The van der Waals surface area contributed by atoms with Crippen LogP contribution in [0.4, 0.5) is 5.69 Å². The van der Waals surface area contributed by atoms with Crippen LogP contribution in [0.15, 0.2) is 40.1 Å². The highest BCUT2D eigenvalue weighted by Gasteiger charge is 2.28. The predicted octanol–water partition coefficient (Wildman–Crippen LogP) is 2.66. The van der Waals surface area contributed by atoms with E-state index in [0.717, 1.165) is 11.3 Å². The monoisotopic (exact) mass is 316 g/mol. The van der Waals surface area contributed by atoms with Crippen molar-refractivity contribution in [2.45, 2.75) is 26.4 Å². The Morgan fingerprint density at radius 1 is 1.41 bits per heavy atom. The second-order valence-electron chi connectivity index (χ2n) is 5.23. The van der Waals surface area contributed by atoms with E-state index in [2.05, 4.69) is 10.3 Å². The molecular weight excluding hydrogens is 300 g/mol. The highest BCUT2D eigenvalue weighted by atomic mass is 35.5. The Labute approximate surface area is 133 Å². The lowest BCUT2D eigenvalue weighted by molar-refractivity contribution is 0.678. The zero-order valence-corrected chi connectivity index (χ0v) is 13.2. The van der Waals surface area contributed by atoms with Gasteiger partial charge in [-0.3, -0.25) is 4.79 Å². The fraction of sp³-hybridized carbons (Fsp3) is 0.250. The van der Waals surface area contributed by atoms with Gasteiger partial charge in [-0.15, -0.1) is 0 Å². The van der Waals surface area contributed by atoms with Crippen molar-refractivity contribution < 1.29 is 0 Å². The third-order valence-corrected chi connectivity index (χ3v) is 4.21. The van der Waals surface area contributed by atoms with Crippen LogP contribution in [0.25, 0.3) is 0 Å². The van der Waals surface area contributed by atoms with Gasteiger partial charge in [0, 0.05) is 22.8 Å². The van der Waals surface area contributed by atoms with Crippen molar-refractivity contribution >= 4 is 23.2 Å². The van der Waals surface area contributed by atoms with Gasteiger partial charge in [-0.25, -0.2) is 4.99 Å². The molecule has 1 aromatic carbocycles. The maximum Gasteiger partial charge on any atom is 0.258 e. The molecule has 1 atom stereocenters. The molecule has 0 bridgehead atoms. The normalized spacial score (nSPS) is 16.7. The molecule has 1 aliphatic rings.